The summed E-state index contributed by atoms with van der Waals surface area (Å²) in [7, 11) is -3.27. The minimum atomic E-state index is -3.27. The Hall–Kier alpha value is -2.74. The number of ether oxygens (including phenoxy) is 1. The van der Waals surface area contributed by atoms with Crippen molar-refractivity contribution in [2.24, 2.45) is 5.92 Å². The van der Waals surface area contributed by atoms with Gasteiger partial charge in [0.15, 0.2) is 9.84 Å². The predicted octanol–water partition coefficient (Wildman–Crippen LogP) is 3.85. The van der Waals surface area contributed by atoms with E-state index in [1.165, 1.54) is 12.3 Å². The molecule has 1 aromatic carbocycles. The van der Waals surface area contributed by atoms with Crippen molar-refractivity contribution in [2.45, 2.75) is 45.1 Å². The number of para-hydroxylation sites is 1. The van der Waals surface area contributed by atoms with Crippen LogP contribution >= 0.6 is 0 Å². The number of aromatic nitrogens is 2. The molecule has 1 aliphatic carbocycles. The van der Waals surface area contributed by atoms with Gasteiger partial charge in [0.05, 0.1) is 0 Å². The molecular formula is C22H27N3O4S. The fourth-order valence-electron chi connectivity index (χ4n) is 3.44. The fraction of sp³-hybridized carbons (Fsp3) is 0.409. The van der Waals surface area contributed by atoms with Crippen LogP contribution in [-0.2, 0) is 9.84 Å². The molecule has 0 unspecified atom stereocenters. The van der Waals surface area contributed by atoms with Crippen LogP contribution in [0.2, 0.25) is 0 Å². The number of amides is 1. The standard InChI is InChI=1S/C22H27N3O4S/c1-15-9-10-17(13-15)20-23-14-19(21(26)24-16(2)11-12-30(3,27)28)22(25-20)29-18-7-5-4-6-8-18/h4-8,11-12,14-17H,9-10,13H2,1-3H3,(H,24,26)/b12-11+/t15-,16+,17+/m1/s1. The SMILES string of the molecule is C[C@@H]1CC[C@H](c2ncc(C(=O)N[C@@H](C)/C=C/S(C)(=O)=O)c(Oc3ccccc3)n2)C1. The molecule has 1 aromatic heterocycles. The second-order valence-electron chi connectivity index (χ2n) is 7.90. The van der Waals surface area contributed by atoms with E-state index in [2.05, 4.69) is 22.2 Å². The van der Waals surface area contributed by atoms with E-state index < -0.39 is 21.8 Å². The lowest BCUT2D eigenvalue weighted by Crippen LogP contribution is -2.31. The second-order valence-corrected chi connectivity index (χ2v) is 9.83. The van der Waals surface area contributed by atoms with Gasteiger partial charge in [0.2, 0.25) is 5.88 Å². The van der Waals surface area contributed by atoms with Crippen LogP contribution in [-0.4, -0.2) is 36.6 Å². The molecular weight excluding hydrogens is 402 g/mol. The first-order valence-electron chi connectivity index (χ1n) is 10.00. The Morgan fingerprint density at radius 3 is 2.63 bits per heavy atom. The maximum absolute atomic E-state index is 12.8. The van der Waals surface area contributed by atoms with Gasteiger partial charge in [-0.15, -0.1) is 0 Å². The van der Waals surface area contributed by atoms with Gasteiger partial charge in [0.25, 0.3) is 5.91 Å². The molecule has 1 aliphatic rings. The first kappa shape index (κ1) is 22.0. The van der Waals surface area contributed by atoms with E-state index in [1.54, 1.807) is 19.1 Å². The van der Waals surface area contributed by atoms with Crippen molar-refractivity contribution in [2.75, 3.05) is 6.26 Å². The number of rotatable bonds is 7. The number of nitrogens with one attached hydrogen (secondary N) is 1. The van der Waals surface area contributed by atoms with Gasteiger partial charge >= 0.3 is 0 Å². The molecule has 0 aliphatic heterocycles. The van der Waals surface area contributed by atoms with Crippen molar-refractivity contribution in [3.05, 3.63) is 59.4 Å². The molecule has 1 heterocycles. The number of hydrogen-bond donors (Lipinski definition) is 1. The Labute approximate surface area is 177 Å². The fourth-order valence-corrected chi connectivity index (χ4v) is 3.97. The number of sulfone groups is 1. The summed E-state index contributed by atoms with van der Waals surface area (Å²) in [6.45, 7) is 3.90. The molecule has 0 bridgehead atoms. The van der Waals surface area contributed by atoms with Crippen molar-refractivity contribution < 1.29 is 17.9 Å². The summed E-state index contributed by atoms with van der Waals surface area (Å²) < 4.78 is 28.5. The molecule has 8 heteroatoms. The van der Waals surface area contributed by atoms with E-state index in [9.17, 15) is 13.2 Å². The van der Waals surface area contributed by atoms with Crippen LogP contribution in [0, 0.1) is 5.92 Å². The van der Waals surface area contributed by atoms with E-state index in [1.807, 2.05) is 18.2 Å². The Morgan fingerprint density at radius 2 is 2.00 bits per heavy atom. The molecule has 1 saturated carbocycles. The zero-order valence-electron chi connectivity index (χ0n) is 17.4. The monoisotopic (exact) mass is 429 g/mol. The van der Waals surface area contributed by atoms with Gasteiger partial charge in [-0.1, -0.05) is 31.2 Å². The maximum atomic E-state index is 12.8. The van der Waals surface area contributed by atoms with E-state index in [0.717, 1.165) is 30.9 Å². The van der Waals surface area contributed by atoms with Crippen molar-refractivity contribution in [1.82, 2.24) is 15.3 Å². The third kappa shape index (κ3) is 6.13. The Morgan fingerprint density at radius 1 is 1.27 bits per heavy atom. The highest BCUT2D eigenvalue weighted by Crippen LogP contribution is 2.37. The molecule has 0 saturated heterocycles. The summed E-state index contributed by atoms with van der Waals surface area (Å²) in [4.78, 5) is 21.9. The molecule has 1 amide bonds. The smallest absolute Gasteiger partial charge is 0.258 e. The highest BCUT2D eigenvalue weighted by molar-refractivity contribution is 7.93. The maximum Gasteiger partial charge on any atom is 0.258 e. The number of carbonyl (C=O) groups is 1. The summed E-state index contributed by atoms with van der Waals surface area (Å²) in [6, 6.07) is 8.65. The number of hydrogen-bond acceptors (Lipinski definition) is 6. The summed E-state index contributed by atoms with van der Waals surface area (Å²) in [5.74, 6) is 1.91. The molecule has 2 aromatic rings. The van der Waals surface area contributed by atoms with Crippen LogP contribution in [0.5, 0.6) is 11.6 Å². The predicted molar refractivity (Wildman–Crippen MR) is 115 cm³/mol. The van der Waals surface area contributed by atoms with E-state index in [-0.39, 0.29) is 17.4 Å². The zero-order chi connectivity index (χ0) is 21.7. The van der Waals surface area contributed by atoms with Gasteiger partial charge < -0.3 is 10.1 Å². The quantitative estimate of drug-likeness (QED) is 0.718. The van der Waals surface area contributed by atoms with Crippen molar-refractivity contribution in [3.8, 4) is 11.6 Å². The average Bonchev–Trinajstić information content (AvgIpc) is 3.13. The van der Waals surface area contributed by atoms with Gasteiger partial charge in [-0.05, 0) is 44.2 Å². The Kier molecular flexibility index (Phi) is 6.87. The minimum Gasteiger partial charge on any atom is -0.438 e. The van der Waals surface area contributed by atoms with Crippen LogP contribution in [0.15, 0.2) is 48.0 Å². The van der Waals surface area contributed by atoms with Gasteiger partial charge in [0, 0.05) is 29.8 Å². The van der Waals surface area contributed by atoms with Gasteiger partial charge in [0.1, 0.15) is 17.1 Å². The highest BCUT2D eigenvalue weighted by atomic mass is 32.2. The van der Waals surface area contributed by atoms with Crippen LogP contribution in [0.1, 0.15) is 55.2 Å². The summed E-state index contributed by atoms with van der Waals surface area (Å²) in [6.07, 6.45) is 7.18. The first-order valence-corrected chi connectivity index (χ1v) is 12.0. The molecule has 30 heavy (non-hydrogen) atoms. The number of benzene rings is 1. The molecule has 3 rings (SSSR count). The Balaban J connectivity index is 1.86. The molecule has 160 valence electrons. The van der Waals surface area contributed by atoms with Gasteiger partial charge in [-0.25, -0.2) is 13.4 Å². The molecule has 7 nitrogen and oxygen atoms in total. The zero-order valence-corrected chi connectivity index (χ0v) is 18.2. The third-order valence-corrected chi connectivity index (χ3v) is 5.66. The third-order valence-electron chi connectivity index (χ3n) is 5.01. The van der Waals surface area contributed by atoms with Gasteiger partial charge in [-0.2, -0.15) is 4.98 Å². The summed E-state index contributed by atoms with van der Waals surface area (Å²) in [5.41, 5.74) is 0.202. The van der Waals surface area contributed by atoms with Crippen LogP contribution in [0.4, 0.5) is 0 Å². The average molecular weight is 430 g/mol. The topological polar surface area (TPSA) is 98.2 Å². The highest BCUT2D eigenvalue weighted by Gasteiger charge is 2.27. The summed E-state index contributed by atoms with van der Waals surface area (Å²) in [5, 5.41) is 3.81. The lowest BCUT2D eigenvalue weighted by atomic mass is 10.1. The molecule has 0 radical (unpaired) electrons. The molecule has 1 N–H and O–H groups in total. The summed E-state index contributed by atoms with van der Waals surface area (Å²) >= 11 is 0. The van der Waals surface area contributed by atoms with Crippen molar-refractivity contribution >= 4 is 15.7 Å². The number of carbonyl (C=O) groups excluding carboxylic acids is 1. The molecule has 0 spiro atoms. The lowest BCUT2D eigenvalue weighted by molar-refractivity contribution is 0.0943. The molecule has 3 atom stereocenters. The van der Waals surface area contributed by atoms with Crippen LogP contribution in [0.25, 0.3) is 0 Å². The minimum absolute atomic E-state index is 0.197. The van der Waals surface area contributed by atoms with E-state index in [0.29, 0.717) is 17.5 Å². The van der Waals surface area contributed by atoms with E-state index >= 15 is 0 Å². The van der Waals surface area contributed by atoms with Gasteiger partial charge in [-0.3, -0.25) is 4.79 Å². The van der Waals surface area contributed by atoms with Crippen molar-refractivity contribution in [3.63, 3.8) is 0 Å². The molecule has 1 fully saturated rings. The lowest BCUT2D eigenvalue weighted by Gasteiger charge is -2.15. The van der Waals surface area contributed by atoms with Crippen molar-refractivity contribution in [1.29, 1.82) is 0 Å². The normalized spacial score (nSPS) is 20.2. The van der Waals surface area contributed by atoms with E-state index in [4.69, 9.17) is 4.74 Å². The van der Waals surface area contributed by atoms with Crippen LogP contribution in [0.3, 0.4) is 0 Å². The Bertz CT molecular complexity index is 1020. The largest absolute Gasteiger partial charge is 0.438 e. The van der Waals surface area contributed by atoms with Crippen LogP contribution < -0.4 is 10.1 Å². The second kappa shape index (κ2) is 9.38. The number of nitrogens with zero attached hydrogens (tertiary/aromatic N) is 2. The first-order chi connectivity index (χ1) is 14.2.